The van der Waals surface area contributed by atoms with E-state index < -0.39 is 0 Å². The van der Waals surface area contributed by atoms with Crippen molar-refractivity contribution in [2.45, 2.75) is 19.6 Å². The van der Waals surface area contributed by atoms with E-state index >= 15 is 0 Å². The van der Waals surface area contributed by atoms with Crippen LogP contribution in [0.15, 0.2) is 78.3 Å². The Hall–Kier alpha value is -3.84. The van der Waals surface area contributed by atoms with E-state index in [1.807, 2.05) is 31.2 Å². The molecule has 0 bridgehead atoms. The van der Waals surface area contributed by atoms with Crippen molar-refractivity contribution in [2.75, 3.05) is 11.6 Å². The molecule has 3 heterocycles. The van der Waals surface area contributed by atoms with Crippen LogP contribution in [0.25, 0.3) is 22.3 Å². The molecule has 0 fully saturated rings. The summed E-state index contributed by atoms with van der Waals surface area (Å²) in [6.45, 7) is 6.62. The van der Waals surface area contributed by atoms with Crippen LogP contribution in [-0.4, -0.2) is 32.8 Å². The first kappa shape index (κ1) is 19.1. The second-order valence-electron chi connectivity index (χ2n) is 7.27. The molecule has 4 aromatic rings. The fraction of sp³-hybridized carbons (Fsp3) is 0.167. The minimum Gasteiger partial charge on any atom is -0.371 e. The molecule has 2 aromatic heterocycles. The van der Waals surface area contributed by atoms with E-state index in [9.17, 15) is 0 Å². The maximum Gasteiger partial charge on any atom is 0.171 e. The molecule has 1 aliphatic rings. The number of imidazole rings is 1. The van der Waals surface area contributed by atoms with Crippen molar-refractivity contribution in [1.82, 2.24) is 19.5 Å². The summed E-state index contributed by atoms with van der Waals surface area (Å²) in [6.07, 6.45) is 7.10. The summed E-state index contributed by atoms with van der Waals surface area (Å²) in [5.41, 5.74) is 4.99. The lowest BCUT2D eigenvalue weighted by Crippen LogP contribution is -2.24. The van der Waals surface area contributed by atoms with Crippen molar-refractivity contribution < 1.29 is 4.74 Å². The van der Waals surface area contributed by atoms with Crippen molar-refractivity contribution in [3.8, 4) is 11.3 Å². The van der Waals surface area contributed by atoms with Crippen LogP contribution in [0.2, 0.25) is 0 Å². The number of anilines is 1. The number of ether oxygens (including phenoxy) is 1. The van der Waals surface area contributed by atoms with Gasteiger partial charge in [-0.15, -0.1) is 0 Å². The van der Waals surface area contributed by atoms with Crippen molar-refractivity contribution in [2.24, 2.45) is 5.10 Å². The molecule has 0 amide bonds. The van der Waals surface area contributed by atoms with Gasteiger partial charge in [0, 0.05) is 18.5 Å². The average Bonchev–Trinajstić information content (AvgIpc) is 3.21. The summed E-state index contributed by atoms with van der Waals surface area (Å²) in [5, 5.41) is 5.52. The lowest BCUT2D eigenvalue weighted by molar-refractivity contribution is 0.0679. The van der Waals surface area contributed by atoms with E-state index in [0.717, 1.165) is 28.1 Å². The Morgan fingerprint density at radius 3 is 2.77 bits per heavy atom. The van der Waals surface area contributed by atoms with Gasteiger partial charge < -0.3 is 9.30 Å². The molecule has 0 saturated heterocycles. The second-order valence-corrected chi connectivity index (χ2v) is 7.27. The fourth-order valence-electron chi connectivity index (χ4n) is 3.93. The van der Waals surface area contributed by atoms with Crippen molar-refractivity contribution in [1.29, 1.82) is 0 Å². The Morgan fingerprint density at radius 2 is 2.03 bits per heavy atom. The number of benzene rings is 2. The lowest BCUT2D eigenvalue weighted by atomic mass is 10.1. The third kappa shape index (κ3) is 3.49. The van der Waals surface area contributed by atoms with Crippen molar-refractivity contribution >= 4 is 23.6 Å². The van der Waals surface area contributed by atoms with E-state index in [2.05, 4.69) is 56.7 Å². The highest BCUT2D eigenvalue weighted by atomic mass is 16.5. The molecule has 0 N–H and O–H groups in total. The molecular formula is C24H22N6O. The highest BCUT2D eigenvalue weighted by molar-refractivity contribution is 5.82. The van der Waals surface area contributed by atoms with Crippen molar-refractivity contribution in [3.05, 3.63) is 84.6 Å². The molecule has 1 unspecified atom stereocenters. The van der Waals surface area contributed by atoms with Crippen LogP contribution in [0.1, 0.15) is 24.4 Å². The monoisotopic (exact) mass is 410 g/mol. The molecule has 1 aliphatic heterocycles. The molecule has 0 radical (unpaired) electrons. The highest BCUT2D eigenvalue weighted by Gasteiger charge is 2.25. The van der Waals surface area contributed by atoms with Gasteiger partial charge in [0.25, 0.3) is 0 Å². The summed E-state index contributed by atoms with van der Waals surface area (Å²) < 4.78 is 8.13. The largest absolute Gasteiger partial charge is 0.371 e. The van der Waals surface area contributed by atoms with E-state index in [-0.39, 0.29) is 6.04 Å². The number of aromatic nitrogens is 4. The Morgan fingerprint density at radius 1 is 1.16 bits per heavy atom. The lowest BCUT2D eigenvalue weighted by Gasteiger charge is -2.26. The molecule has 7 nitrogen and oxygen atoms in total. The Bertz CT molecular complexity index is 1250. The van der Waals surface area contributed by atoms with Gasteiger partial charge >= 0.3 is 0 Å². The number of hydrogen-bond acceptors (Lipinski definition) is 6. The average molecular weight is 410 g/mol. The summed E-state index contributed by atoms with van der Waals surface area (Å²) in [5.74, 6) is 1.55. The highest BCUT2D eigenvalue weighted by Crippen LogP contribution is 2.32. The van der Waals surface area contributed by atoms with Gasteiger partial charge in [-0.1, -0.05) is 42.5 Å². The van der Waals surface area contributed by atoms with Crippen LogP contribution in [0.5, 0.6) is 0 Å². The molecule has 2 aromatic carbocycles. The third-order valence-electron chi connectivity index (χ3n) is 5.38. The molecule has 0 saturated carbocycles. The Balaban J connectivity index is 1.56. The summed E-state index contributed by atoms with van der Waals surface area (Å²) >= 11 is 0. The van der Waals surface area contributed by atoms with Crippen LogP contribution in [-0.2, 0) is 11.3 Å². The van der Waals surface area contributed by atoms with Gasteiger partial charge in [-0.25, -0.2) is 15.0 Å². The van der Waals surface area contributed by atoms with Gasteiger partial charge in [-0.3, -0.25) is 4.98 Å². The maximum atomic E-state index is 5.84. The van der Waals surface area contributed by atoms with E-state index in [0.29, 0.717) is 19.0 Å². The number of hydrazone groups is 1. The van der Waals surface area contributed by atoms with Gasteiger partial charge in [0.2, 0.25) is 0 Å². The first-order valence-corrected chi connectivity index (χ1v) is 10.1. The molecule has 5 rings (SSSR count). The van der Waals surface area contributed by atoms with Gasteiger partial charge in [0.05, 0.1) is 41.8 Å². The Labute approximate surface area is 180 Å². The van der Waals surface area contributed by atoms with Crippen LogP contribution < -0.4 is 5.01 Å². The predicted molar refractivity (Wildman–Crippen MR) is 122 cm³/mol. The minimum absolute atomic E-state index is 0.0896. The minimum atomic E-state index is 0.0896. The normalized spacial score (nSPS) is 15.8. The summed E-state index contributed by atoms with van der Waals surface area (Å²) in [6, 6.07) is 16.7. The fourth-order valence-corrected chi connectivity index (χ4v) is 3.93. The number of hydrogen-bond donors (Lipinski definition) is 0. The first-order chi connectivity index (χ1) is 15.3. The van der Waals surface area contributed by atoms with E-state index in [1.54, 1.807) is 23.6 Å². The smallest absolute Gasteiger partial charge is 0.171 e. The zero-order valence-electron chi connectivity index (χ0n) is 17.2. The quantitative estimate of drug-likeness (QED) is 0.356. The van der Waals surface area contributed by atoms with Crippen LogP contribution in [0, 0.1) is 0 Å². The standard InChI is InChI=1S/C24H22N6O/c1-3-11-29(25-2)23-14-26-20(13-27-23)18-9-10-19-21(12-18)30-22(15-31-16-24(30)28-19)17-7-5-4-6-8-17/h3-14,22H,2,15-16H2,1H3/b11-3-. The molecule has 31 heavy (non-hydrogen) atoms. The third-order valence-corrected chi connectivity index (χ3v) is 5.38. The zero-order valence-corrected chi connectivity index (χ0v) is 17.2. The topological polar surface area (TPSA) is 68.4 Å². The number of fused-ring (bicyclic) bond motifs is 3. The zero-order chi connectivity index (χ0) is 21.2. The molecule has 1 atom stereocenters. The summed E-state index contributed by atoms with van der Waals surface area (Å²) in [7, 11) is 0. The van der Waals surface area contributed by atoms with Gasteiger partial charge in [-0.2, -0.15) is 5.10 Å². The molecule has 7 heteroatoms. The van der Waals surface area contributed by atoms with E-state index in [4.69, 9.17) is 9.72 Å². The van der Waals surface area contributed by atoms with Crippen LogP contribution in [0.4, 0.5) is 5.82 Å². The maximum absolute atomic E-state index is 5.84. The Kier molecular flexibility index (Phi) is 5.01. The number of rotatable bonds is 5. The second kappa shape index (κ2) is 8.12. The van der Waals surface area contributed by atoms with Crippen LogP contribution in [0.3, 0.4) is 0 Å². The number of allylic oxidation sites excluding steroid dienone is 1. The SMILES string of the molecule is C=NN(/C=C\C)c1cnc(-c2ccc3nc4n(c3c2)C(c2ccccc2)COC4)cn1. The van der Waals surface area contributed by atoms with Gasteiger partial charge in [0.1, 0.15) is 12.4 Å². The first-order valence-electron chi connectivity index (χ1n) is 10.1. The van der Waals surface area contributed by atoms with Crippen LogP contribution >= 0.6 is 0 Å². The number of nitrogens with zero attached hydrogens (tertiary/aromatic N) is 6. The van der Waals surface area contributed by atoms with Gasteiger partial charge in [-0.05, 0) is 24.6 Å². The molecule has 0 aliphatic carbocycles. The molecular weight excluding hydrogens is 388 g/mol. The van der Waals surface area contributed by atoms with Gasteiger partial charge in [0.15, 0.2) is 5.82 Å². The summed E-state index contributed by atoms with van der Waals surface area (Å²) in [4.78, 5) is 13.9. The van der Waals surface area contributed by atoms with E-state index in [1.165, 1.54) is 5.56 Å². The molecule has 0 spiro atoms. The predicted octanol–water partition coefficient (Wildman–Crippen LogP) is 4.57. The molecule has 154 valence electrons. The van der Waals surface area contributed by atoms with Crippen molar-refractivity contribution in [3.63, 3.8) is 0 Å².